The van der Waals surface area contributed by atoms with Crippen LogP contribution in [0, 0.1) is 6.92 Å². The van der Waals surface area contributed by atoms with Gasteiger partial charge in [0.25, 0.3) is 0 Å². The molecule has 11 heteroatoms. The lowest BCUT2D eigenvalue weighted by atomic mass is 9.98. The summed E-state index contributed by atoms with van der Waals surface area (Å²) >= 11 is 7.51. The van der Waals surface area contributed by atoms with Crippen LogP contribution < -0.4 is 0 Å². The van der Waals surface area contributed by atoms with Gasteiger partial charge in [0, 0.05) is 43.5 Å². The molecule has 0 saturated carbocycles. The van der Waals surface area contributed by atoms with Crippen molar-refractivity contribution in [1.29, 1.82) is 0 Å². The number of nitrogens with zero attached hydrogens (tertiary/aromatic N) is 5. The van der Waals surface area contributed by atoms with Gasteiger partial charge in [-0.25, -0.2) is 4.98 Å². The van der Waals surface area contributed by atoms with E-state index in [0.717, 1.165) is 28.3 Å². The van der Waals surface area contributed by atoms with Gasteiger partial charge in [0.15, 0.2) is 5.69 Å². The molecule has 1 aliphatic heterocycles. The molecule has 3 rings (SSSR count). The van der Waals surface area contributed by atoms with E-state index >= 15 is 0 Å². The monoisotopic (exact) mass is 491 g/mol. The average molecular weight is 492 g/mol. The number of hydrogen-bond acceptors (Lipinski definition) is 5. The third-order valence-corrected chi connectivity index (χ3v) is 7.32. The van der Waals surface area contributed by atoms with Crippen LogP contribution in [0.3, 0.4) is 0 Å². The Balaban J connectivity index is 1.65. The van der Waals surface area contributed by atoms with Crippen molar-refractivity contribution in [3.63, 3.8) is 0 Å². The van der Waals surface area contributed by atoms with Crippen molar-refractivity contribution in [2.24, 2.45) is 0 Å². The van der Waals surface area contributed by atoms with E-state index in [1.165, 1.54) is 6.92 Å². The Bertz CT molecular complexity index is 966. The third-order valence-electron chi connectivity index (χ3n) is 5.55. The highest BCUT2D eigenvalue weighted by molar-refractivity contribution is 7.09. The van der Waals surface area contributed by atoms with Gasteiger partial charge < -0.3 is 4.90 Å². The Morgan fingerprint density at radius 1 is 1.22 bits per heavy atom. The predicted octanol–water partition coefficient (Wildman–Crippen LogP) is 4.91. The van der Waals surface area contributed by atoms with Crippen LogP contribution >= 0.6 is 22.9 Å². The second-order valence-corrected chi connectivity index (χ2v) is 10.5. The van der Waals surface area contributed by atoms with E-state index in [-0.39, 0.29) is 17.0 Å². The highest BCUT2D eigenvalue weighted by Gasteiger charge is 2.39. The number of hydrogen-bond donors (Lipinski definition) is 0. The Kier molecular flexibility index (Phi) is 7.26. The van der Waals surface area contributed by atoms with Crippen molar-refractivity contribution < 1.29 is 18.0 Å². The summed E-state index contributed by atoms with van der Waals surface area (Å²) in [5.74, 6) is -0.258. The number of carbonyl (C=O) groups excluding carboxylic acids is 1. The molecule has 6 nitrogen and oxygen atoms in total. The molecule has 1 amide bonds. The van der Waals surface area contributed by atoms with Crippen LogP contribution in [0.5, 0.6) is 0 Å². The molecule has 1 aliphatic rings. The molecule has 1 unspecified atom stereocenters. The molecule has 178 valence electrons. The normalized spacial score (nSPS) is 17.5. The van der Waals surface area contributed by atoms with Crippen LogP contribution in [0.25, 0.3) is 0 Å². The molecule has 2 aromatic rings. The summed E-state index contributed by atoms with van der Waals surface area (Å²) in [6.45, 7) is 12.7. The topological polar surface area (TPSA) is 54.3 Å². The maximum Gasteiger partial charge on any atom is 0.436 e. The molecule has 0 radical (unpaired) electrons. The quantitative estimate of drug-likeness (QED) is 0.609. The van der Waals surface area contributed by atoms with Gasteiger partial charge >= 0.3 is 6.18 Å². The average Bonchev–Trinajstić information content (AvgIpc) is 3.19. The molecule has 0 aromatic carbocycles. The van der Waals surface area contributed by atoms with Gasteiger partial charge in [0.2, 0.25) is 5.91 Å². The van der Waals surface area contributed by atoms with E-state index in [0.29, 0.717) is 26.2 Å². The zero-order valence-electron chi connectivity index (χ0n) is 19.0. The van der Waals surface area contributed by atoms with E-state index < -0.39 is 22.9 Å². The second-order valence-electron chi connectivity index (χ2n) is 9.22. The van der Waals surface area contributed by atoms with Crippen molar-refractivity contribution in [3.05, 3.63) is 32.5 Å². The molecule has 0 aliphatic carbocycles. The molecule has 0 N–H and O–H groups in total. The van der Waals surface area contributed by atoms with Gasteiger partial charge in [-0.15, -0.1) is 11.3 Å². The van der Waals surface area contributed by atoms with Crippen molar-refractivity contribution >= 4 is 28.8 Å². The summed E-state index contributed by atoms with van der Waals surface area (Å²) < 4.78 is 40.5. The van der Waals surface area contributed by atoms with Gasteiger partial charge in [-0.1, -0.05) is 32.4 Å². The number of amides is 1. The molecule has 1 fully saturated rings. The lowest BCUT2D eigenvalue weighted by molar-refractivity contribution is -0.142. The minimum atomic E-state index is -4.67. The Hall–Kier alpha value is -1.65. The minimum Gasteiger partial charge on any atom is -0.340 e. The molecule has 1 atom stereocenters. The van der Waals surface area contributed by atoms with Gasteiger partial charge in [0.1, 0.15) is 6.04 Å². The van der Waals surface area contributed by atoms with Gasteiger partial charge in [0.05, 0.1) is 21.4 Å². The summed E-state index contributed by atoms with van der Waals surface area (Å²) in [7, 11) is 0. The maximum absolute atomic E-state index is 13.1. The predicted molar refractivity (Wildman–Crippen MR) is 119 cm³/mol. The fourth-order valence-corrected chi connectivity index (χ4v) is 4.86. The molecule has 2 aromatic heterocycles. The SMILES string of the molecule is Cc1c(Cl)c(C(F)(F)F)nn1C(C)C(=O)N1CCCN(Cc2csc(C(C)(C)C)n2)CC1. The number of carbonyl (C=O) groups is 1. The van der Waals surface area contributed by atoms with Crippen molar-refractivity contribution in [2.75, 3.05) is 26.2 Å². The largest absolute Gasteiger partial charge is 0.436 e. The number of rotatable bonds is 4. The maximum atomic E-state index is 13.1. The van der Waals surface area contributed by atoms with E-state index in [4.69, 9.17) is 16.6 Å². The Labute approximate surface area is 195 Å². The first-order chi connectivity index (χ1) is 14.8. The molecule has 32 heavy (non-hydrogen) atoms. The third kappa shape index (κ3) is 5.46. The van der Waals surface area contributed by atoms with Crippen LogP contribution in [0.15, 0.2) is 5.38 Å². The van der Waals surface area contributed by atoms with Crippen molar-refractivity contribution in [2.45, 2.75) is 65.2 Å². The number of aromatic nitrogens is 3. The molecule has 1 saturated heterocycles. The number of halogens is 4. The van der Waals surface area contributed by atoms with E-state index in [2.05, 4.69) is 36.1 Å². The highest BCUT2D eigenvalue weighted by atomic mass is 35.5. The van der Waals surface area contributed by atoms with Crippen LogP contribution in [0.2, 0.25) is 5.02 Å². The number of alkyl halides is 3. The van der Waals surface area contributed by atoms with Gasteiger partial charge in [-0.05, 0) is 20.3 Å². The van der Waals surface area contributed by atoms with Crippen LogP contribution in [0.1, 0.15) is 62.2 Å². The van der Waals surface area contributed by atoms with Gasteiger partial charge in [-0.3, -0.25) is 14.4 Å². The van der Waals surface area contributed by atoms with E-state index in [1.54, 1.807) is 23.2 Å². The summed E-state index contributed by atoms with van der Waals surface area (Å²) in [5, 5.41) is 6.33. The number of thiazole rings is 1. The molecule has 0 spiro atoms. The van der Waals surface area contributed by atoms with E-state index in [1.807, 2.05) is 0 Å². The first-order valence-corrected chi connectivity index (χ1v) is 11.8. The fourth-order valence-electron chi connectivity index (χ4n) is 3.73. The zero-order chi connectivity index (χ0) is 23.8. The first kappa shape index (κ1) is 25.0. The minimum absolute atomic E-state index is 0.0145. The fraction of sp³-hybridized carbons (Fsp3) is 0.667. The molecule has 0 bridgehead atoms. The van der Waals surface area contributed by atoms with Crippen molar-refractivity contribution in [1.82, 2.24) is 24.6 Å². The molecule has 3 heterocycles. The highest BCUT2D eigenvalue weighted by Crippen LogP contribution is 2.36. The van der Waals surface area contributed by atoms with Crippen LogP contribution in [-0.4, -0.2) is 56.7 Å². The smallest absolute Gasteiger partial charge is 0.340 e. The van der Waals surface area contributed by atoms with Crippen LogP contribution in [-0.2, 0) is 22.9 Å². The first-order valence-electron chi connectivity index (χ1n) is 10.6. The van der Waals surface area contributed by atoms with E-state index in [9.17, 15) is 18.0 Å². The molecular formula is C21H29ClF3N5OS. The second kappa shape index (κ2) is 9.30. The lowest BCUT2D eigenvalue weighted by Gasteiger charge is -2.25. The summed E-state index contributed by atoms with van der Waals surface area (Å²) in [6, 6.07) is -0.872. The van der Waals surface area contributed by atoms with Crippen molar-refractivity contribution in [3.8, 4) is 0 Å². The Morgan fingerprint density at radius 2 is 1.91 bits per heavy atom. The molecular weight excluding hydrogens is 463 g/mol. The standard InChI is InChI=1S/C21H29ClF3N5OS/c1-13-16(22)17(21(23,24)25)27-30(13)14(2)18(31)29-8-6-7-28(9-10-29)11-15-12-32-19(26-15)20(3,4)5/h12,14H,6-11H2,1-5H3. The van der Waals surface area contributed by atoms with Crippen LogP contribution in [0.4, 0.5) is 13.2 Å². The van der Waals surface area contributed by atoms with Gasteiger partial charge in [-0.2, -0.15) is 18.3 Å². The summed E-state index contributed by atoms with van der Waals surface area (Å²) in [4.78, 5) is 21.8. The summed E-state index contributed by atoms with van der Waals surface area (Å²) in [6.07, 6.45) is -3.89. The Morgan fingerprint density at radius 3 is 2.47 bits per heavy atom. The lowest BCUT2D eigenvalue weighted by Crippen LogP contribution is -2.39. The zero-order valence-corrected chi connectivity index (χ0v) is 20.5. The summed E-state index contributed by atoms with van der Waals surface area (Å²) in [5.41, 5.74) is 0.0147.